The second-order valence-electron chi connectivity index (χ2n) is 14.7. The fraction of sp³-hybridized carbons (Fsp3) is 0.969. The highest BCUT2D eigenvalue weighted by atomic mass is 19.1. The summed E-state index contributed by atoms with van der Waals surface area (Å²) >= 11 is 0. The zero-order chi connectivity index (χ0) is 28.2. The quantitative estimate of drug-likeness (QED) is 0.439. The van der Waals surface area contributed by atoms with Gasteiger partial charge in [0.25, 0.3) is 0 Å². The Kier molecular flexibility index (Phi) is 8.32. The Bertz CT molecular complexity index is 914. The van der Waals surface area contributed by atoms with Crippen molar-refractivity contribution in [2.24, 2.45) is 35.0 Å². The van der Waals surface area contributed by atoms with E-state index in [2.05, 4.69) is 18.7 Å². The molecule has 228 valence electrons. The summed E-state index contributed by atoms with van der Waals surface area (Å²) in [5.41, 5.74) is 0.201. The molecule has 12 atom stereocenters. The number of piperidine rings is 1. The van der Waals surface area contributed by atoms with E-state index in [1.807, 2.05) is 0 Å². The van der Waals surface area contributed by atoms with Gasteiger partial charge in [-0.25, -0.2) is 4.39 Å². The molecule has 3 N–H and O–H groups in total. The molecule has 6 rings (SSSR count). The molecule has 40 heavy (non-hydrogen) atoms. The van der Waals surface area contributed by atoms with Crippen LogP contribution in [0.5, 0.6) is 0 Å². The summed E-state index contributed by atoms with van der Waals surface area (Å²) in [4.78, 5) is 16.2. The highest BCUT2D eigenvalue weighted by Gasteiger charge is 2.60. The molecular weight excluding hydrogens is 513 g/mol. The standard InChI is InChI=1S/C32H52FNO6/c1-31-14-12-21(39-30-26(33)28(37)27(36)25(18-35)40-30)17-20(31)10-11-22-23(31)13-15-32(2)24(22)9-6-16-34(32)29(38)19-7-4-3-5-8-19/h19-28,30,35-37H,3-18H2,1-2H3/t20?,21-,22?,23-,24-,25+,26+,27+,28+,30+,31-,32-/m0/s1. The molecule has 0 bridgehead atoms. The minimum Gasteiger partial charge on any atom is -0.394 e. The summed E-state index contributed by atoms with van der Waals surface area (Å²) in [6.07, 6.45) is 8.03. The van der Waals surface area contributed by atoms with Gasteiger partial charge in [-0.2, -0.15) is 0 Å². The van der Waals surface area contributed by atoms with Crippen LogP contribution in [0.1, 0.15) is 104 Å². The molecule has 4 saturated carbocycles. The Morgan fingerprint density at radius 1 is 0.950 bits per heavy atom. The molecule has 0 aromatic carbocycles. The molecule has 4 aliphatic carbocycles. The summed E-state index contributed by atoms with van der Waals surface area (Å²) in [6.45, 7) is 5.33. The number of nitrogens with zero attached hydrogens (tertiary/aromatic N) is 1. The number of hydrogen-bond acceptors (Lipinski definition) is 6. The van der Waals surface area contributed by atoms with Gasteiger partial charge in [-0.3, -0.25) is 4.79 Å². The van der Waals surface area contributed by atoms with Gasteiger partial charge in [0.1, 0.15) is 18.3 Å². The van der Waals surface area contributed by atoms with E-state index >= 15 is 0 Å². The van der Waals surface area contributed by atoms with Crippen LogP contribution < -0.4 is 0 Å². The average molecular weight is 566 g/mol. The minimum atomic E-state index is -1.84. The summed E-state index contributed by atoms with van der Waals surface area (Å²) in [6, 6.07) is 0. The summed E-state index contributed by atoms with van der Waals surface area (Å²) in [5, 5.41) is 29.6. The fourth-order valence-electron chi connectivity index (χ4n) is 10.5. The van der Waals surface area contributed by atoms with E-state index in [0.29, 0.717) is 29.6 Å². The van der Waals surface area contributed by atoms with Gasteiger partial charge in [-0.05, 0) is 107 Å². The number of aliphatic hydroxyl groups is 3. The van der Waals surface area contributed by atoms with Crippen LogP contribution in [0.3, 0.4) is 0 Å². The molecule has 6 aliphatic rings. The maximum Gasteiger partial charge on any atom is 0.226 e. The highest BCUT2D eigenvalue weighted by molar-refractivity contribution is 5.80. The van der Waals surface area contributed by atoms with Crippen molar-refractivity contribution in [1.82, 2.24) is 4.90 Å². The molecule has 2 heterocycles. The van der Waals surface area contributed by atoms with Crippen molar-refractivity contribution in [3.05, 3.63) is 0 Å². The van der Waals surface area contributed by atoms with E-state index < -0.39 is 37.4 Å². The monoisotopic (exact) mass is 565 g/mol. The van der Waals surface area contributed by atoms with Crippen LogP contribution in [0, 0.1) is 35.0 Å². The number of aliphatic hydroxyl groups excluding tert-OH is 3. The number of amides is 1. The Balaban J connectivity index is 1.12. The Morgan fingerprint density at radius 3 is 2.48 bits per heavy atom. The molecule has 8 heteroatoms. The smallest absolute Gasteiger partial charge is 0.226 e. The van der Waals surface area contributed by atoms with Crippen LogP contribution in [0.2, 0.25) is 0 Å². The summed E-state index contributed by atoms with van der Waals surface area (Å²) in [7, 11) is 0. The van der Waals surface area contributed by atoms with Gasteiger partial charge in [0.2, 0.25) is 5.91 Å². The lowest BCUT2D eigenvalue weighted by Gasteiger charge is -2.64. The van der Waals surface area contributed by atoms with Gasteiger partial charge in [-0.15, -0.1) is 0 Å². The molecule has 0 spiro atoms. The van der Waals surface area contributed by atoms with Crippen LogP contribution in [0.15, 0.2) is 0 Å². The van der Waals surface area contributed by atoms with E-state index in [1.54, 1.807) is 0 Å². The number of fused-ring (bicyclic) bond motifs is 5. The third kappa shape index (κ3) is 4.86. The van der Waals surface area contributed by atoms with Crippen LogP contribution in [0.4, 0.5) is 4.39 Å². The first kappa shape index (κ1) is 29.3. The molecule has 6 fully saturated rings. The zero-order valence-corrected chi connectivity index (χ0v) is 24.6. The van der Waals surface area contributed by atoms with Crippen molar-refractivity contribution in [2.75, 3.05) is 13.2 Å². The van der Waals surface area contributed by atoms with E-state index in [4.69, 9.17) is 9.47 Å². The summed E-state index contributed by atoms with van der Waals surface area (Å²) < 4.78 is 26.5. The molecule has 7 nitrogen and oxygen atoms in total. The average Bonchev–Trinajstić information content (AvgIpc) is 2.97. The maximum atomic E-state index is 14.8. The largest absolute Gasteiger partial charge is 0.394 e. The number of carbonyl (C=O) groups excluding carboxylic acids is 1. The number of halogens is 1. The lowest BCUT2D eigenvalue weighted by molar-refractivity contribution is -0.303. The third-order valence-electron chi connectivity index (χ3n) is 12.8. The number of carbonyl (C=O) groups is 1. The van der Waals surface area contributed by atoms with Crippen molar-refractivity contribution >= 4 is 5.91 Å². The molecule has 0 aromatic heterocycles. The van der Waals surface area contributed by atoms with Gasteiger partial charge in [0.05, 0.1) is 12.7 Å². The predicted octanol–water partition coefficient (Wildman–Crippen LogP) is 4.35. The van der Waals surface area contributed by atoms with Crippen molar-refractivity contribution in [1.29, 1.82) is 0 Å². The topological polar surface area (TPSA) is 99.5 Å². The van der Waals surface area contributed by atoms with Crippen LogP contribution in [0.25, 0.3) is 0 Å². The molecule has 2 unspecified atom stereocenters. The van der Waals surface area contributed by atoms with Crippen molar-refractivity contribution < 1.29 is 34.0 Å². The second-order valence-corrected chi connectivity index (χ2v) is 14.7. The lowest BCUT2D eigenvalue weighted by atomic mass is 9.45. The summed E-state index contributed by atoms with van der Waals surface area (Å²) in [5.74, 6) is 3.04. The van der Waals surface area contributed by atoms with Gasteiger partial charge in [0.15, 0.2) is 12.5 Å². The minimum absolute atomic E-state index is 0.0133. The van der Waals surface area contributed by atoms with Crippen LogP contribution in [-0.4, -0.2) is 81.7 Å². The number of hydrogen-bond donors (Lipinski definition) is 3. The van der Waals surface area contributed by atoms with Gasteiger partial charge >= 0.3 is 0 Å². The molecule has 0 aromatic rings. The molecule has 0 radical (unpaired) electrons. The van der Waals surface area contributed by atoms with E-state index in [9.17, 15) is 24.5 Å². The third-order valence-corrected chi connectivity index (χ3v) is 12.8. The van der Waals surface area contributed by atoms with Gasteiger partial charge in [0, 0.05) is 18.0 Å². The first-order valence-corrected chi connectivity index (χ1v) is 16.4. The number of likely N-dealkylation sites (tertiary alicyclic amines) is 1. The first-order chi connectivity index (χ1) is 19.2. The number of ether oxygens (including phenoxy) is 2. The highest BCUT2D eigenvalue weighted by Crippen LogP contribution is 2.63. The predicted molar refractivity (Wildman–Crippen MR) is 148 cm³/mol. The Hall–Kier alpha value is -0.800. The second kappa shape index (κ2) is 11.4. The fourth-order valence-corrected chi connectivity index (χ4v) is 10.5. The van der Waals surface area contributed by atoms with Gasteiger partial charge < -0.3 is 29.7 Å². The SMILES string of the molecule is C[C@]12CC[C@H](O[C@@H]3O[C@H](CO)[C@@H](O)[C@H](O)[C@H]3F)CC1CCC1[C@@H]2CC[C@@]2(C)[C@H]1CCCN2C(=O)C1CCCCC1. The zero-order valence-electron chi connectivity index (χ0n) is 24.6. The van der Waals surface area contributed by atoms with Gasteiger partial charge in [-0.1, -0.05) is 26.2 Å². The van der Waals surface area contributed by atoms with E-state index in [1.165, 1.54) is 38.5 Å². The molecular formula is C32H52FNO6. The lowest BCUT2D eigenvalue weighted by Crippen LogP contribution is -2.65. The Morgan fingerprint density at radius 2 is 1.73 bits per heavy atom. The first-order valence-electron chi connectivity index (χ1n) is 16.4. The van der Waals surface area contributed by atoms with Crippen molar-refractivity contribution in [3.63, 3.8) is 0 Å². The number of rotatable bonds is 4. The Labute approximate surface area is 239 Å². The molecule has 2 aliphatic heterocycles. The van der Waals surface area contributed by atoms with Crippen molar-refractivity contribution in [3.8, 4) is 0 Å². The molecule has 2 saturated heterocycles. The maximum absolute atomic E-state index is 14.8. The number of alkyl halides is 1. The van der Waals surface area contributed by atoms with Crippen LogP contribution >= 0.6 is 0 Å². The normalized spacial score (nSPS) is 50.0. The molecule has 1 amide bonds. The van der Waals surface area contributed by atoms with Crippen LogP contribution in [-0.2, 0) is 14.3 Å². The van der Waals surface area contributed by atoms with E-state index in [-0.39, 0.29) is 23.0 Å². The van der Waals surface area contributed by atoms with E-state index in [0.717, 1.165) is 57.9 Å². The van der Waals surface area contributed by atoms with Crippen molar-refractivity contribution in [2.45, 2.75) is 146 Å².